The molecule has 1 aromatic carbocycles. The molecule has 0 aliphatic rings. The molecule has 0 aliphatic heterocycles. The maximum Gasteiger partial charge on any atom is 0.333 e. The molecule has 1 aromatic rings. The van der Waals surface area contributed by atoms with E-state index in [9.17, 15) is 14.4 Å². The molecule has 0 saturated carbocycles. The maximum atomic E-state index is 12.4. The summed E-state index contributed by atoms with van der Waals surface area (Å²) in [7, 11) is 0. The Hall–Kier alpha value is -2.93. The molecular weight excluding hydrogens is 350 g/mol. The fraction of sp³-hybridized carbons (Fsp3) is 0.350. The van der Waals surface area contributed by atoms with Crippen molar-refractivity contribution in [2.45, 2.75) is 32.6 Å². The van der Waals surface area contributed by atoms with E-state index in [2.05, 4.69) is 18.5 Å². The van der Waals surface area contributed by atoms with Gasteiger partial charge in [-0.05, 0) is 25.5 Å². The molecule has 7 nitrogen and oxygen atoms in total. The van der Waals surface area contributed by atoms with Gasteiger partial charge in [0.2, 0.25) is 5.91 Å². The summed E-state index contributed by atoms with van der Waals surface area (Å²) in [6, 6.07) is 8.34. The minimum atomic E-state index is -0.884. The van der Waals surface area contributed by atoms with Crippen molar-refractivity contribution >= 4 is 17.8 Å². The minimum Gasteiger partial charge on any atom is -0.460 e. The Morgan fingerprint density at radius 2 is 1.85 bits per heavy atom. The van der Waals surface area contributed by atoms with Crippen LogP contribution in [0.3, 0.4) is 0 Å². The second-order valence-electron chi connectivity index (χ2n) is 5.75. The van der Waals surface area contributed by atoms with Crippen LogP contribution in [0, 0.1) is 0 Å². The summed E-state index contributed by atoms with van der Waals surface area (Å²) in [5.41, 5.74) is 1.15. The quantitative estimate of drug-likeness (QED) is 0.275. The smallest absolute Gasteiger partial charge is 0.333 e. The molecule has 0 radical (unpaired) electrons. The highest BCUT2D eigenvalue weighted by Crippen LogP contribution is 2.07. The number of esters is 2. The van der Waals surface area contributed by atoms with Gasteiger partial charge in [0.25, 0.3) is 0 Å². The predicted molar refractivity (Wildman–Crippen MR) is 99.6 cm³/mol. The first-order chi connectivity index (χ1) is 12.8. The first-order valence-corrected chi connectivity index (χ1v) is 8.45. The van der Waals surface area contributed by atoms with E-state index in [-0.39, 0.29) is 25.2 Å². The van der Waals surface area contributed by atoms with Crippen molar-refractivity contribution in [1.82, 2.24) is 5.32 Å². The topological polar surface area (TPSA) is 90.9 Å². The molecule has 0 aliphatic carbocycles. The minimum absolute atomic E-state index is 0.00816. The van der Waals surface area contributed by atoms with Gasteiger partial charge in [0.15, 0.2) is 6.29 Å². The van der Waals surface area contributed by atoms with E-state index < -0.39 is 30.2 Å². The zero-order valence-corrected chi connectivity index (χ0v) is 15.6. The van der Waals surface area contributed by atoms with Crippen LogP contribution in [0.5, 0.6) is 0 Å². The number of rotatable bonds is 11. The monoisotopic (exact) mass is 375 g/mol. The van der Waals surface area contributed by atoms with Gasteiger partial charge in [-0.2, -0.15) is 0 Å². The lowest BCUT2D eigenvalue weighted by atomic mass is 10.1. The van der Waals surface area contributed by atoms with E-state index in [0.29, 0.717) is 0 Å². The Labute approximate surface area is 159 Å². The van der Waals surface area contributed by atoms with E-state index in [1.54, 1.807) is 0 Å². The molecule has 0 bridgehead atoms. The zero-order valence-electron chi connectivity index (χ0n) is 15.6. The molecule has 1 N–H and O–H groups in total. The lowest BCUT2D eigenvalue weighted by Crippen LogP contribution is -2.44. The van der Waals surface area contributed by atoms with E-state index in [4.69, 9.17) is 14.2 Å². The first kappa shape index (κ1) is 22.1. The third kappa shape index (κ3) is 8.82. The number of carbonyl (C=O) groups is 3. The van der Waals surface area contributed by atoms with Crippen molar-refractivity contribution in [3.8, 4) is 0 Å². The average molecular weight is 375 g/mol. The van der Waals surface area contributed by atoms with Crippen molar-refractivity contribution in [2.75, 3.05) is 13.2 Å². The summed E-state index contributed by atoms with van der Waals surface area (Å²) in [5, 5.41) is 2.55. The maximum absolute atomic E-state index is 12.4. The second-order valence-corrected chi connectivity index (χ2v) is 5.75. The van der Waals surface area contributed by atoms with Crippen LogP contribution < -0.4 is 5.32 Å². The summed E-state index contributed by atoms with van der Waals surface area (Å²) in [6.45, 7) is 9.98. The third-order valence-electron chi connectivity index (χ3n) is 3.37. The SMILES string of the molecule is C=CC(=O)N[C@@H](Cc1ccccc1)C(=O)OC(C)OCCOC(=O)C(=C)C. The molecule has 1 rings (SSSR count). The number of amides is 1. The van der Waals surface area contributed by atoms with Gasteiger partial charge in [-0.3, -0.25) is 4.79 Å². The zero-order chi connectivity index (χ0) is 20.2. The number of benzene rings is 1. The summed E-state index contributed by atoms with van der Waals surface area (Å²) in [5.74, 6) is -1.63. The van der Waals surface area contributed by atoms with Gasteiger partial charge in [0, 0.05) is 12.0 Å². The van der Waals surface area contributed by atoms with Crippen LogP contribution in [0.15, 0.2) is 55.1 Å². The fourth-order valence-corrected chi connectivity index (χ4v) is 2.03. The van der Waals surface area contributed by atoms with Crippen LogP contribution in [-0.2, 0) is 35.0 Å². The fourth-order valence-electron chi connectivity index (χ4n) is 2.03. The Morgan fingerprint density at radius 1 is 1.19 bits per heavy atom. The van der Waals surface area contributed by atoms with Gasteiger partial charge in [0.05, 0.1) is 6.61 Å². The van der Waals surface area contributed by atoms with Crippen molar-refractivity contribution in [3.05, 3.63) is 60.7 Å². The molecule has 0 spiro atoms. The van der Waals surface area contributed by atoms with Crippen molar-refractivity contribution in [1.29, 1.82) is 0 Å². The Morgan fingerprint density at radius 3 is 2.44 bits per heavy atom. The summed E-state index contributed by atoms with van der Waals surface area (Å²) in [4.78, 5) is 35.2. The Kier molecular flexibility index (Phi) is 9.53. The lowest BCUT2D eigenvalue weighted by Gasteiger charge is -2.20. The summed E-state index contributed by atoms with van der Waals surface area (Å²) < 4.78 is 15.4. The number of hydrogen-bond acceptors (Lipinski definition) is 6. The standard InChI is InChI=1S/C20H25NO6/c1-5-18(22)21-17(13-16-9-7-6-8-10-16)20(24)27-15(4)25-11-12-26-19(23)14(2)3/h5-10,15,17H,1-2,11-13H2,3-4H3,(H,21,22)/t15?,17-/m0/s1. The first-order valence-electron chi connectivity index (χ1n) is 8.45. The molecule has 7 heteroatoms. The van der Waals surface area contributed by atoms with Crippen molar-refractivity contribution in [3.63, 3.8) is 0 Å². The number of hydrogen-bond donors (Lipinski definition) is 1. The molecule has 146 valence electrons. The molecule has 1 unspecified atom stereocenters. The van der Waals surface area contributed by atoms with E-state index in [0.717, 1.165) is 11.6 Å². The normalized spacial score (nSPS) is 12.4. The van der Waals surface area contributed by atoms with Gasteiger partial charge >= 0.3 is 11.9 Å². The van der Waals surface area contributed by atoms with Crippen LogP contribution in [-0.4, -0.2) is 43.4 Å². The molecule has 0 aromatic heterocycles. The van der Waals surface area contributed by atoms with Crippen LogP contribution in [0.25, 0.3) is 0 Å². The second kappa shape index (κ2) is 11.6. The number of ether oxygens (including phenoxy) is 3. The Bertz CT molecular complexity index is 670. The molecule has 0 heterocycles. The molecule has 1 amide bonds. The largest absolute Gasteiger partial charge is 0.460 e. The van der Waals surface area contributed by atoms with Gasteiger partial charge in [-0.15, -0.1) is 0 Å². The van der Waals surface area contributed by atoms with Crippen LogP contribution in [0.1, 0.15) is 19.4 Å². The summed E-state index contributed by atoms with van der Waals surface area (Å²) >= 11 is 0. The van der Waals surface area contributed by atoms with E-state index in [1.165, 1.54) is 13.8 Å². The number of nitrogens with one attached hydrogen (secondary N) is 1. The highest BCUT2D eigenvalue weighted by atomic mass is 16.7. The van der Waals surface area contributed by atoms with Gasteiger partial charge in [-0.25, -0.2) is 9.59 Å². The van der Waals surface area contributed by atoms with Gasteiger partial charge in [0.1, 0.15) is 12.6 Å². The van der Waals surface area contributed by atoms with Crippen LogP contribution in [0.2, 0.25) is 0 Å². The van der Waals surface area contributed by atoms with Gasteiger partial charge in [-0.1, -0.05) is 43.5 Å². The van der Waals surface area contributed by atoms with Crippen LogP contribution >= 0.6 is 0 Å². The summed E-state index contributed by atoms with van der Waals surface area (Å²) in [6.07, 6.45) is 0.475. The highest BCUT2D eigenvalue weighted by Gasteiger charge is 2.24. The van der Waals surface area contributed by atoms with Crippen LogP contribution in [0.4, 0.5) is 0 Å². The van der Waals surface area contributed by atoms with Gasteiger partial charge < -0.3 is 19.5 Å². The van der Waals surface area contributed by atoms with Crippen molar-refractivity contribution in [2.24, 2.45) is 0 Å². The predicted octanol–water partition coefficient (Wildman–Crippen LogP) is 1.92. The molecule has 0 fully saturated rings. The Balaban J connectivity index is 2.53. The molecule has 27 heavy (non-hydrogen) atoms. The third-order valence-corrected chi connectivity index (χ3v) is 3.37. The van der Waals surface area contributed by atoms with Crippen molar-refractivity contribution < 1.29 is 28.6 Å². The highest BCUT2D eigenvalue weighted by molar-refractivity contribution is 5.91. The lowest BCUT2D eigenvalue weighted by molar-refractivity contribution is -0.180. The molecule has 0 saturated heterocycles. The van der Waals surface area contributed by atoms with E-state index >= 15 is 0 Å². The van der Waals surface area contributed by atoms with E-state index in [1.807, 2.05) is 30.3 Å². The molecular formula is C20H25NO6. The molecule has 2 atom stereocenters. The average Bonchev–Trinajstić information content (AvgIpc) is 2.64. The number of carbonyl (C=O) groups excluding carboxylic acids is 3.